The van der Waals surface area contributed by atoms with Crippen molar-refractivity contribution in [1.29, 1.82) is 0 Å². The van der Waals surface area contributed by atoms with Crippen LogP contribution in [0, 0.1) is 5.92 Å². The lowest BCUT2D eigenvalue weighted by Crippen LogP contribution is -2.24. The standard InChI is InChI=1S/C11H16O4/c1-2-9(13)10-7-8(11(14)15-10)5-3-4-6-12/h3-4,6,8-10,13H,2,5,7H2,1H3/b4-3+/t8-,9-,10+/m0/s1. The Morgan fingerprint density at radius 1 is 1.67 bits per heavy atom. The van der Waals surface area contributed by atoms with Crippen LogP contribution in [0.2, 0.25) is 0 Å². The highest BCUT2D eigenvalue weighted by Crippen LogP contribution is 2.27. The van der Waals surface area contributed by atoms with Gasteiger partial charge in [-0.1, -0.05) is 13.0 Å². The molecule has 0 unspecified atom stereocenters. The van der Waals surface area contributed by atoms with Crippen molar-refractivity contribution in [1.82, 2.24) is 0 Å². The Balaban J connectivity index is 2.45. The predicted molar refractivity (Wildman–Crippen MR) is 54.1 cm³/mol. The van der Waals surface area contributed by atoms with E-state index in [1.165, 1.54) is 6.08 Å². The predicted octanol–water partition coefficient (Wildman–Crippen LogP) is 0.834. The van der Waals surface area contributed by atoms with Gasteiger partial charge in [-0.15, -0.1) is 0 Å². The molecule has 4 nitrogen and oxygen atoms in total. The normalized spacial score (nSPS) is 28.0. The van der Waals surface area contributed by atoms with Crippen LogP contribution in [-0.2, 0) is 14.3 Å². The minimum atomic E-state index is -0.575. The highest BCUT2D eigenvalue weighted by Gasteiger charge is 2.36. The maximum atomic E-state index is 11.3. The summed E-state index contributed by atoms with van der Waals surface area (Å²) in [5.41, 5.74) is 0. The van der Waals surface area contributed by atoms with Crippen molar-refractivity contribution in [3.63, 3.8) is 0 Å². The molecule has 1 fully saturated rings. The third-order valence-electron chi connectivity index (χ3n) is 2.60. The lowest BCUT2D eigenvalue weighted by Gasteiger charge is -2.14. The molecule has 0 amide bonds. The second-order valence-electron chi connectivity index (χ2n) is 3.68. The minimum Gasteiger partial charge on any atom is -0.459 e. The quantitative estimate of drug-likeness (QED) is 0.416. The van der Waals surface area contributed by atoms with E-state index in [0.717, 1.165) is 0 Å². The second-order valence-corrected chi connectivity index (χ2v) is 3.68. The van der Waals surface area contributed by atoms with E-state index < -0.39 is 6.10 Å². The van der Waals surface area contributed by atoms with Crippen LogP contribution in [-0.4, -0.2) is 29.6 Å². The molecular formula is C11H16O4. The fourth-order valence-corrected chi connectivity index (χ4v) is 1.66. The number of rotatable bonds is 5. The first-order valence-corrected chi connectivity index (χ1v) is 5.17. The zero-order valence-electron chi connectivity index (χ0n) is 8.76. The first-order valence-electron chi connectivity index (χ1n) is 5.17. The van der Waals surface area contributed by atoms with Crippen LogP contribution < -0.4 is 0 Å². The molecule has 84 valence electrons. The molecule has 1 heterocycles. The van der Waals surface area contributed by atoms with Crippen LogP contribution in [0.25, 0.3) is 0 Å². The van der Waals surface area contributed by atoms with Gasteiger partial charge in [0.2, 0.25) is 0 Å². The first kappa shape index (κ1) is 11.9. The van der Waals surface area contributed by atoms with Crippen molar-refractivity contribution < 1.29 is 19.4 Å². The third-order valence-corrected chi connectivity index (χ3v) is 2.60. The van der Waals surface area contributed by atoms with E-state index in [1.54, 1.807) is 6.08 Å². The molecule has 0 spiro atoms. The molecule has 0 aromatic rings. The van der Waals surface area contributed by atoms with Crippen LogP contribution in [0.5, 0.6) is 0 Å². The van der Waals surface area contributed by atoms with Gasteiger partial charge in [-0.25, -0.2) is 0 Å². The number of ether oxygens (including phenoxy) is 1. The van der Waals surface area contributed by atoms with E-state index in [-0.39, 0.29) is 18.0 Å². The topological polar surface area (TPSA) is 63.6 Å². The van der Waals surface area contributed by atoms with Crippen molar-refractivity contribution >= 4 is 12.3 Å². The Morgan fingerprint density at radius 3 is 3.00 bits per heavy atom. The molecule has 15 heavy (non-hydrogen) atoms. The van der Waals surface area contributed by atoms with Crippen molar-refractivity contribution in [2.45, 2.75) is 38.4 Å². The number of carbonyl (C=O) groups is 2. The van der Waals surface area contributed by atoms with Crippen LogP contribution in [0.4, 0.5) is 0 Å². The SMILES string of the molecule is CC[C@H](O)[C@H]1C[C@H](C/C=C/C=O)C(=O)O1. The first-order chi connectivity index (χ1) is 7.19. The van der Waals surface area contributed by atoms with Gasteiger partial charge >= 0.3 is 5.97 Å². The van der Waals surface area contributed by atoms with Gasteiger partial charge in [0.1, 0.15) is 12.4 Å². The number of aliphatic hydroxyl groups is 1. The number of carbonyl (C=O) groups excluding carboxylic acids is 2. The summed E-state index contributed by atoms with van der Waals surface area (Å²) in [6.07, 6.45) is 4.37. The highest BCUT2D eigenvalue weighted by molar-refractivity contribution is 5.75. The summed E-state index contributed by atoms with van der Waals surface area (Å²) in [7, 11) is 0. The van der Waals surface area contributed by atoms with Gasteiger partial charge in [-0.3, -0.25) is 9.59 Å². The maximum Gasteiger partial charge on any atom is 0.309 e. The number of hydrogen-bond acceptors (Lipinski definition) is 4. The Kier molecular flexibility index (Phi) is 4.49. The molecule has 0 aromatic carbocycles. The number of allylic oxidation sites excluding steroid dienone is 2. The zero-order chi connectivity index (χ0) is 11.3. The van der Waals surface area contributed by atoms with Crippen molar-refractivity contribution in [3.8, 4) is 0 Å². The van der Waals surface area contributed by atoms with Gasteiger partial charge in [0, 0.05) is 6.42 Å². The van der Waals surface area contributed by atoms with E-state index in [1.807, 2.05) is 6.92 Å². The molecule has 1 N–H and O–H groups in total. The Bertz CT molecular complexity index is 259. The number of cyclic esters (lactones) is 1. The Labute approximate surface area is 88.9 Å². The molecule has 0 aliphatic carbocycles. The van der Waals surface area contributed by atoms with Crippen LogP contribution in [0.3, 0.4) is 0 Å². The van der Waals surface area contributed by atoms with Gasteiger partial charge < -0.3 is 9.84 Å². The summed E-state index contributed by atoms with van der Waals surface area (Å²) in [4.78, 5) is 21.4. The minimum absolute atomic E-state index is 0.215. The highest BCUT2D eigenvalue weighted by atomic mass is 16.6. The largest absolute Gasteiger partial charge is 0.459 e. The summed E-state index contributed by atoms with van der Waals surface area (Å²) >= 11 is 0. The van der Waals surface area contributed by atoms with Gasteiger partial charge in [0.05, 0.1) is 12.0 Å². The number of esters is 1. The Morgan fingerprint density at radius 2 is 2.40 bits per heavy atom. The molecule has 1 aliphatic heterocycles. The zero-order valence-corrected chi connectivity index (χ0v) is 8.76. The van der Waals surface area contributed by atoms with Crippen LogP contribution in [0.1, 0.15) is 26.2 Å². The summed E-state index contributed by atoms with van der Waals surface area (Å²) in [5, 5.41) is 9.51. The molecule has 1 aliphatic rings. The van der Waals surface area contributed by atoms with Crippen molar-refractivity contribution in [3.05, 3.63) is 12.2 Å². The van der Waals surface area contributed by atoms with E-state index in [4.69, 9.17) is 4.74 Å². The van der Waals surface area contributed by atoms with E-state index in [0.29, 0.717) is 25.5 Å². The molecule has 1 rings (SSSR count). The molecular weight excluding hydrogens is 196 g/mol. The van der Waals surface area contributed by atoms with Gasteiger partial charge in [0.15, 0.2) is 0 Å². The molecule has 0 radical (unpaired) electrons. The van der Waals surface area contributed by atoms with Gasteiger partial charge in [-0.05, 0) is 18.9 Å². The van der Waals surface area contributed by atoms with E-state index >= 15 is 0 Å². The lowest BCUT2D eigenvalue weighted by atomic mass is 9.98. The smallest absolute Gasteiger partial charge is 0.309 e. The molecule has 0 saturated carbocycles. The van der Waals surface area contributed by atoms with Crippen molar-refractivity contribution in [2.24, 2.45) is 5.92 Å². The molecule has 0 aromatic heterocycles. The van der Waals surface area contributed by atoms with E-state index in [9.17, 15) is 14.7 Å². The van der Waals surface area contributed by atoms with E-state index in [2.05, 4.69) is 0 Å². The lowest BCUT2D eigenvalue weighted by molar-refractivity contribution is -0.147. The second kappa shape index (κ2) is 5.66. The summed E-state index contributed by atoms with van der Waals surface area (Å²) in [6.45, 7) is 1.85. The molecule has 1 saturated heterocycles. The van der Waals surface area contributed by atoms with Crippen LogP contribution >= 0.6 is 0 Å². The molecule has 4 heteroatoms. The molecule has 3 atom stereocenters. The molecule has 0 bridgehead atoms. The van der Waals surface area contributed by atoms with Crippen molar-refractivity contribution in [2.75, 3.05) is 0 Å². The fraction of sp³-hybridized carbons (Fsp3) is 0.636. The maximum absolute atomic E-state index is 11.3. The monoisotopic (exact) mass is 212 g/mol. The van der Waals surface area contributed by atoms with Gasteiger partial charge in [-0.2, -0.15) is 0 Å². The summed E-state index contributed by atoms with van der Waals surface area (Å²) in [5.74, 6) is -0.490. The Hall–Kier alpha value is -1.16. The third kappa shape index (κ3) is 3.16. The van der Waals surface area contributed by atoms with Gasteiger partial charge in [0.25, 0.3) is 0 Å². The number of hydrogen-bond donors (Lipinski definition) is 1. The summed E-state index contributed by atoms with van der Waals surface area (Å²) in [6, 6.07) is 0. The summed E-state index contributed by atoms with van der Waals surface area (Å²) < 4.78 is 5.05. The van der Waals surface area contributed by atoms with Crippen LogP contribution in [0.15, 0.2) is 12.2 Å². The average molecular weight is 212 g/mol. The number of aliphatic hydroxyl groups excluding tert-OH is 1. The fourth-order valence-electron chi connectivity index (χ4n) is 1.66. The number of aldehydes is 1. The average Bonchev–Trinajstić information content (AvgIpc) is 2.60.